The summed E-state index contributed by atoms with van der Waals surface area (Å²) in [5, 5.41) is 11.5. The Kier molecular flexibility index (Phi) is 2.96. The highest BCUT2D eigenvalue weighted by atomic mass is 15.1. The van der Waals surface area contributed by atoms with Gasteiger partial charge >= 0.3 is 0 Å². The Labute approximate surface area is 97.0 Å². The third-order valence-electron chi connectivity index (χ3n) is 3.98. The minimum absolute atomic E-state index is 0.520. The van der Waals surface area contributed by atoms with Gasteiger partial charge in [-0.15, -0.1) is 0 Å². The molecule has 1 aromatic rings. The van der Waals surface area contributed by atoms with Crippen LogP contribution in [-0.4, -0.2) is 16.7 Å². The zero-order valence-corrected chi connectivity index (χ0v) is 9.89. The number of nitrogens with zero attached hydrogens (tertiary/aromatic N) is 1. The van der Waals surface area contributed by atoms with E-state index in [-0.39, 0.29) is 0 Å². The Hall–Kier alpha value is -0.830. The molecule has 16 heavy (non-hydrogen) atoms. The molecule has 1 aliphatic heterocycles. The van der Waals surface area contributed by atoms with Gasteiger partial charge in [-0.2, -0.15) is 5.10 Å². The Balaban J connectivity index is 1.86. The van der Waals surface area contributed by atoms with E-state index in [1.165, 1.54) is 68.3 Å². The van der Waals surface area contributed by atoms with Gasteiger partial charge in [0.2, 0.25) is 0 Å². The third-order valence-corrected chi connectivity index (χ3v) is 3.98. The Morgan fingerprint density at radius 3 is 2.81 bits per heavy atom. The number of aryl methyl sites for hydroxylation is 1. The summed E-state index contributed by atoms with van der Waals surface area (Å²) in [5.74, 6) is 0. The van der Waals surface area contributed by atoms with Crippen LogP contribution in [0, 0.1) is 0 Å². The molecule has 0 saturated carbocycles. The second kappa shape index (κ2) is 4.58. The maximum Gasteiger partial charge on any atom is 0.0826 e. The molecule has 0 radical (unpaired) electrons. The lowest BCUT2D eigenvalue weighted by atomic mass is 9.97. The van der Waals surface area contributed by atoms with Gasteiger partial charge in [0.05, 0.1) is 11.7 Å². The number of aromatic nitrogens is 2. The molecule has 3 rings (SSSR count). The predicted octanol–water partition coefficient (Wildman–Crippen LogP) is 2.49. The largest absolute Gasteiger partial charge is 0.309 e. The molecule has 3 nitrogen and oxygen atoms in total. The topological polar surface area (TPSA) is 40.7 Å². The summed E-state index contributed by atoms with van der Waals surface area (Å²) >= 11 is 0. The van der Waals surface area contributed by atoms with Crippen LogP contribution in [0.1, 0.15) is 61.5 Å². The van der Waals surface area contributed by atoms with Gasteiger partial charge in [-0.3, -0.25) is 5.10 Å². The molecule has 1 fully saturated rings. The normalized spacial score (nSPS) is 26.1. The van der Waals surface area contributed by atoms with Crippen LogP contribution >= 0.6 is 0 Å². The van der Waals surface area contributed by atoms with E-state index in [1.54, 1.807) is 0 Å². The summed E-state index contributed by atoms with van der Waals surface area (Å²) in [7, 11) is 0. The molecule has 2 heterocycles. The van der Waals surface area contributed by atoms with Crippen LogP contribution in [-0.2, 0) is 12.8 Å². The van der Waals surface area contributed by atoms with Crippen LogP contribution in [0.3, 0.4) is 0 Å². The molecule has 2 N–H and O–H groups in total. The predicted molar refractivity (Wildman–Crippen MR) is 64.4 cm³/mol. The lowest BCUT2D eigenvalue weighted by Crippen LogP contribution is -2.27. The van der Waals surface area contributed by atoms with E-state index >= 15 is 0 Å². The lowest BCUT2D eigenvalue weighted by molar-refractivity contribution is 0.403. The van der Waals surface area contributed by atoms with E-state index < -0.39 is 0 Å². The molecule has 0 aromatic carbocycles. The zero-order chi connectivity index (χ0) is 10.8. The number of aromatic amines is 1. The SMILES string of the molecule is C1CCc2[nH]nc(C3CCCCN3)c2CC1. The fourth-order valence-corrected chi connectivity index (χ4v) is 3.06. The van der Waals surface area contributed by atoms with Crippen molar-refractivity contribution in [3.63, 3.8) is 0 Å². The van der Waals surface area contributed by atoms with Crippen LogP contribution in [0.4, 0.5) is 0 Å². The zero-order valence-electron chi connectivity index (χ0n) is 9.89. The molecule has 1 aliphatic carbocycles. The number of piperidine rings is 1. The summed E-state index contributed by atoms with van der Waals surface area (Å²) in [4.78, 5) is 0. The van der Waals surface area contributed by atoms with Gasteiger partial charge < -0.3 is 5.32 Å². The van der Waals surface area contributed by atoms with Crippen molar-refractivity contribution in [2.45, 2.75) is 57.4 Å². The molecule has 1 saturated heterocycles. The van der Waals surface area contributed by atoms with Crippen molar-refractivity contribution in [2.75, 3.05) is 6.54 Å². The van der Waals surface area contributed by atoms with Crippen molar-refractivity contribution in [1.82, 2.24) is 15.5 Å². The number of hydrogen-bond donors (Lipinski definition) is 2. The molecular weight excluding hydrogens is 198 g/mol. The highest BCUT2D eigenvalue weighted by Gasteiger charge is 2.23. The quantitative estimate of drug-likeness (QED) is 0.712. The Morgan fingerprint density at radius 1 is 1.00 bits per heavy atom. The van der Waals surface area contributed by atoms with Gasteiger partial charge in [0.15, 0.2) is 0 Å². The van der Waals surface area contributed by atoms with Crippen molar-refractivity contribution < 1.29 is 0 Å². The van der Waals surface area contributed by atoms with E-state index in [0.717, 1.165) is 6.54 Å². The van der Waals surface area contributed by atoms with Crippen molar-refractivity contribution in [2.24, 2.45) is 0 Å². The Morgan fingerprint density at radius 2 is 1.94 bits per heavy atom. The maximum atomic E-state index is 4.58. The standard InChI is InChI=1S/C13H21N3/c1-2-6-10-11(7-3-1)15-16-13(10)12-8-4-5-9-14-12/h12,14H,1-9H2,(H,15,16). The monoisotopic (exact) mass is 219 g/mol. The average Bonchev–Trinajstić information content (AvgIpc) is 2.60. The second-order valence-corrected chi connectivity index (χ2v) is 5.13. The Bertz CT molecular complexity index is 350. The van der Waals surface area contributed by atoms with Crippen LogP contribution in [0.5, 0.6) is 0 Å². The summed E-state index contributed by atoms with van der Waals surface area (Å²) in [6.07, 6.45) is 10.4. The minimum atomic E-state index is 0.520. The van der Waals surface area contributed by atoms with Crippen LogP contribution in [0.2, 0.25) is 0 Å². The van der Waals surface area contributed by atoms with E-state index in [9.17, 15) is 0 Å². The summed E-state index contributed by atoms with van der Waals surface area (Å²) < 4.78 is 0. The van der Waals surface area contributed by atoms with E-state index in [1.807, 2.05) is 0 Å². The molecule has 1 unspecified atom stereocenters. The molecule has 88 valence electrons. The van der Waals surface area contributed by atoms with Gasteiger partial charge in [0, 0.05) is 5.69 Å². The first-order chi connectivity index (χ1) is 7.95. The first-order valence-corrected chi connectivity index (χ1v) is 6.74. The molecule has 2 aliphatic rings. The molecule has 0 amide bonds. The highest BCUT2D eigenvalue weighted by molar-refractivity contribution is 5.29. The third kappa shape index (κ3) is 1.88. The number of H-pyrrole nitrogens is 1. The van der Waals surface area contributed by atoms with E-state index in [2.05, 4.69) is 15.5 Å². The van der Waals surface area contributed by atoms with Gasteiger partial charge in [0.25, 0.3) is 0 Å². The minimum Gasteiger partial charge on any atom is -0.309 e. The first-order valence-electron chi connectivity index (χ1n) is 6.74. The first kappa shape index (κ1) is 10.3. The van der Waals surface area contributed by atoms with Gasteiger partial charge in [0.1, 0.15) is 0 Å². The number of fused-ring (bicyclic) bond motifs is 1. The number of nitrogens with one attached hydrogen (secondary N) is 2. The van der Waals surface area contributed by atoms with Gasteiger partial charge in [-0.25, -0.2) is 0 Å². The van der Waals surface area contributed by atoms with E-state index in [4.69, 9.17) is 0 Å². The molecule has 1 aromatic heterocycles. The lowest BCUT2D eigenvalue weighted by Gasteiger charge is -2.22. The number of hydrogen-bond acceptors (Lipinski definition) is 2. The van der Waals surface area contributed by atoms with Crippen LogP contribution in [0.25, 0.3) is 0 Å². The summed E-state index contributed by atoms with van der Waals surface area (Å²) in [6.45, 7) is 1.16. The van der Waals surface area contributed by atoms with Crippen molar-refractivity contribution in [1.29, 1.82) is 0 Å². The maximum absolute atomic E-state index is 4.58. The second-order valence-electron chi connectivity index (χ2n) is 5.13. The van der Waals surface area contributed by atoms with Crippen LogP contribution in [0.15, 0.2) is 0 Å². The van der Waals surface area contributed by atoms with Crippen LogP contribution < -0.4 is 5.32 Å². The smallest absolute Gasteiger partial charge is 0.0826 e. The fraction of sp³-hybridized carbons (Fsp3) is 0.769. The molecule has 0 bridgehead atoms. The van der Waals surface area contributed by atoms with Gasteiger partial charge in [-0.05, 0) is 50.6 Å². The van der Waals surface area contributed by atoms with E-state index in [0.29, 0.717) is 6.04 Å². The van der Waals surface area contributed by atoms with Crippen molar-refractivity contribution in [3.8, 4) is 0 Å². The summed E-state index contributed by atoms with van der Waals surface area (Å²) in [5.41, 5.74) is 4.29. The van der Waals surface area contributed by atoms with Gasteiger partial charge in [-0.1, -0.05) is 12.8 Å². The fourth-order valence-electron chi connectivity index (χ4n) is 3.06. The van der Waals surface area contributed by atoms with Crippen molar-refractivity contribution in [3.05, 3.63) is 17.0 Å². The number of rotatable bonds is 1. The average molecular weight is 219 g/mol. The molecule has 0 spiro atoms. The molecule has 3 heteroatoms. The summed E-state index contributed by atoms with van der Waals surface area (Å²) in [6, 6.07) is 0.520. The molecule has 1 atom stereocenters. The molecular formula is C13H21N3. The highest BCUT2D eigenvalue weighted by Crippen LogP contribution is 2.29. The van der Waals surface area contributed by atoms with Crippen molar-refractivity contribution >= 4 is 0 Å².